The van der Waals surface area contributed by atoms with Crippen LogP contribution in [0, 0.1) is 0 Å². The number of benzene rings is 3. The molecule has 2 nitrogen and oxygen atoms in total. The Morgan fingerprint density at radius 2 is 1.33 bits per heavy atom. The molecule has 0 N–H and O–H groups in total. The molecule has 2 aliphatic rings. The van der Waals surface area contributed by atoms with Gasteiger partial charge in [-0.2, -0.15) is 0 Å². The number of rotatable bonds is 6. The van der Waals surface area contributed by atoms with Crippen LogP contribution in [0.4, 0.5) is 0 Å². The Hall–Kier alpha value is -2.07. The maximum absolute atomic E-state index is 2.67. The van der Waals surface area contributed by atoms with Crippen molar-refractivity contribution in [1.82, 2.24) is 9.21 Å². The van der Waals surface area contributed by atoms with Crippen molar-refractivity contribution in [2.45, 2.75) is 36.1 Å². The van der Waals surface area contributed by atoms with Gasteiger partial charge in [-0.25, -0.2) is 4.31 Å². The molecule has 154 valence electrons. The molecule has 1 unspecified atom stereocenters. The van der Waals surface area contributed by atoms with Gasteiger partial charge in [-0.05, 0) is 79.5 Å². The van der Waals surface area contributed by atoms with Gasteiger partial charge in [-0.1, -0.05) is 78.9 Å². The second kappa shape index (κ2) is 9.38. The van der Waals surface area contributed by atoms with Crippen LogP contribution in [0.2, 0.25) is 0 Å². The molecule has 1 atom stereocenters. The Bertz CT molecular complexity index is 935. The van der Waals surface area contributed by atoms with E-state index in [2.05, 4.69) is 94.1 Å². The first-order valence-electron chi connectivity index (χ1n) is 11.2. The summed E-state index contributed by atoms with van der Waals surface area (Å²) in [5, 5.41) is 0. The predicted molar refractivity (Wildman–Crippen MR) is 127 cm³/mol. The second-order valence-electron chi connectivity index (χ2n) is 8.46. The second-order valence-corrected chi connectivity index (χ2v) is 9.55. The van der Waals surface area contributed by atoms with Crippen LogP contribution in [0.5, 0.6) is 0 Å². The summed E-state index contributed by atoms with van der Waals surface area (Å²) in [6.07, 6.45) is 3.81. The van der Waals surface area contributed by atoms with Crippen LogP contribution in [0.1, 0.15) is 47.9 Å². The third-order valence-corrected chi connectivity index (χ3v) is 7.74. The van der Waals surface area contributed by atoms with Gasteiger partial charge in [-0.15, -0.1) is 0 Å². The highest BCUT2D eigenvalue weighted by Crippen LogP contribution is 2.47. The summed E-state index contributed by atoms with van der Waals surface area (Å²) in [6.45, 7) is 4.79. The lowest BCUT2D eigenvalue weighted by atomic mass is 9.89. The summed E-state index contributed by atoms with van der Waals surface area (Å²) in [5.41, 5.74) is 4.38. The highest BCUT2D eigenvalue weighted by molar-refractivity contribution is 7.97. The molecule has 0 radical (unpaired) electrons. The summed E-state index contributed by atoms with van der Waals surface area (Å²) in [6, 6.07) is 31.3. The van der Waals surface area contributed by atoms with E-state index in [1.807, 2.05) is 11.9 Å². The molecule has 0 amide bonds. The van der Waals surface area contributed by atoms with Crippen LogP contribution < -0.4 is 0 Å². The van der Waals surface area contributed by atoms with Crippen LogP contribution >= 0.6 is 11.9 Å². The van der Waals surface area contributed by atoms with Crippen molar-refractivity contribution in [3.05, 3.63) is 102 Å². The minimum atomic E-state index is 0.371. The van der Waals surface area contributed by atoms with E-state index in [1.54, 1.807) is 0 Å². The smallest absolute Gasteiger partial charge is 0.0716 e. The number of fused-ring (bicyclic) bond motifs is 1. The average molecular weight is 415 g/mol. The molecule has 1 saturated heterocycles. The van der Waals surface area contributed by atoms with Gasteiger partial charge in [0.25, 0.3) is 0 Å². The van der Waals surface area contributed by atoms with E-state index in [9.17, 15) is 0 Å². The Balaban J connectivity index is 1.17. The number of likely N-dealkylation sites (tertiary alicyclic amines) is 1. The standard InChI is InChI=1S/C27H30N2S/c1-3-10-22(11-4-1)23-16-20-28(21-17-23)18-9-19-29-27(24-12-5-2-6-13-24)25-14-7-8-15-26(25)30-29/h1-8,10-15,23,27H,9,16-21H2. The Morgan fingerprint density at radius 3 is 2.07 bits per heavy atom. The van der Waals surface area contributed by atoms with Gasteiger partial charge in [0.15, 0.2) is 0 Å². The lowest BCUT2D eigenvalue weighted by Crippen LogP contribution is -2.35. The first-order chi connectivity index (χ1) is 14.9. The first-order valence-corrected chi connectivity index (χ1v) is 12.0. The fourth-order valence-electron chi connectivity index (χ4n) is 4.94. The van der Waals surface area contributed by atoms with Crippen LogP contribution in [0.3, 0.4) is 0 Å². The summed E-state index contributed by atoms with van der Waals surface area (Å²) < 4.78 is 2.59. The first kappa shape index (κ1) is 19.9. The molecular formula is C27H30N2S. The molecule has 0 aliphatic carbocycles. The molecule has 0 aromatic heterocycles. The number of hydrogen-bond acceptors (Lipinski definition) is 3. The minimum absolute atomic E-state index is 0.371. The lowest BCUT2D eigenvalue weighted by Gasteiger charge is -2.33. The van der Waals surface area contributed by atoms with Crippen molar-refractivity contribution in [3.8, 4) is 0 Å². The highest BCUT2D eigenvalue weighted by Gasteiger charge is 2.32. The summed E-state index contributed by atoms with van der Waals surface area (Å²) in [7, 11) is 0. The predicted octanol–water partition coefficient (Wildman–Crippen LogP) is 6.37. The molecule has 3 aromatic rings. The zero-order valence-electron chi connectivity index (χ0n) is 17.5. The van der Waals surface area contributed by atoms with Gasteiger partial charge in [0.1, 0.15) is 0 Å². The van der Waals surface area contributed by atoms with E-state index in [0.717, 1.165) is 12.5 Å². The van der Waals surface area contributed by atoms with Crippen molar-refractivity contribution in [2.75, 3.05) is 26.2 Å². The fourth-order valence-corrected chi connectivity index (χ4v) is 6.18. The third-order valence-electron chi connectivity index (χ3n) is 6.54. The van der Waals surface area contributed by atoms with Crippen molar-refractivity contribution in [3.63, 3.8) is 0 Å². The Kier molecular flexibility index (Phi) is 6.21. The molecular weight excluding hydrogens is 384 g/mol. The Labute approximate surface area is 185 Å². The molecule has 0 bridgehead atoms. The molecule has 30 heavy (non-hydrogen) atoms. The normalized spacial score (nSPS) is 20.3. The average Bonchev–Trinajstić information content (AvgIpc) is 3.19. The number of nitrogens with zero attached hydrogens (tertiary/aromatic N) is 2. The van der Waals surface area contributed by atoms with E-state index in [1.165, 1.54) is 60.5 Å². The third kappa shape index (κ3) is 4.34. The van der Waals surface area contributed by atoms with Gasteiger partial charge < -0.3 is 4.90 Å². The van der Waals surface area contributed by atoms with Crippen molar-refractivity contribution in [2.24, 2.45) is 0 Å². The SMILES string of the molecule is c1ccc(C2CCN(CCCN3Sc4ccccc4C3c3ccccc3)CC2)cc1. The van der Waals surface area contributed by atoms with E-state index in [0.29, 0.717) is 6.04 Å². The van der Waals surface area contributed by atoms with Gasteiger partial charge >= 0.3 is 0 Å². The van der Waals surface area contributed by atoms with Crippen molar-refractivity contribution in [1.29, 1.82) is 0 Å². The molecule has 5 rings (SSSR count). The number of hydrogen-bond donors (Lipinski definition) is 0. The summed E-state index contributed by atoms with van der Waals surface area (Å²) in [5.74, 6) is 0.744. The van der Waals surface area contributed by atoms with Gasteiger partial charge in [0, 0.05) is 11.4 Å². The zero-order valence-corrected chi connectivity index (χ0v) is 18.3. The highest BCUT2D eigenvalue weighted by atomic mass is 32.2. The van der Waals surface area contributed by atoms with Crippen LogP contribution in [-0.4, -0.2) is 35.4 Å². The molecule has 1 fully saturated rings. The molecule has 3 heteroatoms. The zero-order chi connectivity index (χ0) is 20.2. The molecule has 2 aliphatic heterocycles. The van der Waals surface area contributed by atoms with Gasteiger partial charge in [-0.3, -0.25) is 0 Å². The summed E-state index contributed by atoms with van der Waals surface area (Å²) in [4.78, 5) is 4.08. The van der Waals surface area contributed by atoms with Crippen molar-refractivity contribution < 1.29 is 0 Å². The van der Waals surface area contributed by atoms with E-state index in [-0.39, 0.29) is 0 Å². The van der Waals surface area contributed by atoms with E-state index < -0.39 is 0 Å². The molecule has 3 aromatic carbocycles. The maximum Gasteiger partial charge on any atom is 0.0716 e. The monoisotopic (exact) mass is 414 g/mol. The summed E-state index contributed by atoms with van der Waals surface area (Å²) >= 11 is 1.94. The maximum atomic E-state index is 2.67. The number of piperidine rings is 1. The Morgan fingerprint density at radius 1 is 0.700 bits per heavy atom. The van der Waals surface area contributed by atoms with Gasteiger partial charge in [0.05, 0.1) is 6.04 Å². The van der Waals surface area contributed by atoms with E-state index in [4.69, 9.17) is 0 Å². The molecule has 0 saturated carbocycles. The quantitative estimate of drug-likeness (QED) is 0.433. The fraction of sp³-hybridized carbons (Fsp3) is 0.333. The molecule has 0 spiro atoms. The van der Waals surface area contributed by atoms with Crippen LogP contribution in [0.25, 0.3) is 0 Å². The lowest BCUT2D eigenvalue weighted by molar-refractivity contribution is 0.204. The van der Waals surface area contributed by atoms with Crippen LogP contribution in [-0.2, 0) is 0 Å². The van der Waals surface area contributed by atoms with E-state index >= 15 is 0 Å². The molecule has 2 heterocycles. The topological polar surface area (TPSA) is 6.48 Å². The van der Waals surface area contributed by atoms with Crippen LogP contribution in [0.15, 0.2) is 89.8 Å². The van der Waals surface area contributed by atoms with Crippen molar-refractivity contribution >= 4 is 11.9 Å². The minimum Gasteiger partial charge on any atom is -0.303 e. The van der Waals surface area contributed by atoms with Gasteiger partial charge in [0.2, 0.25) is 0 Å². The largest absolute Gasteiger partial charge is 0.303 e.